The van der Waals surface area contributed by atoms with Crippen LogP contribution < -0.4 is 11.1 Å². The molecule has 0 aromatic heterocycles. The Hall–Kier alpha value is -1.43. The molecule has 1 aromatic carbocycles. The van der Waals surface area contributed by atoms with Gasteiger partial charge in [-0.2, -0.15) is 11.8 Å². The summed E-state index contributed by atoms with van der Waals surface area (Å²) in [5.74, 6) is -0.964. The lowest BCUT2D eigenvalue weighted by Gasteiger charge is -2.17. The molecule has 4 N–H and O–H groups in total. The Bertz CT molecular complexity index is 510. The summed E-state index contributed by atoms with van der Waals surface area (Å²) >= 11 is 1.94. The third-order valence-electron chi connectivity index (χ3n) is 3.52. The highest BCUT2D eigenvalue weighted by Crippen LogP contribution is 2.33. The Morgan fingerprint density at radius 1 is 1.55 bits per heavy atom. The topological polar surface area (TPSA) is 75.3 Å². The van der Waals surface area contributed by atoms with Gasteiger partial charge >= 0.3 is 5.97 Å². The highest BCUT2D eigenvalue weighted by Gasteiger charge is 2.25. The number of thioether (sulfide) groups is 1. The molecule has 0 bridgehead atoms. The number of carboxylic acid groups (broad SMARTS) is 1. The van der Waals surface area contributed by atoms with Gasteiger partial charge in [-0.3, -0.25) is 0 Å². The first-order valence-corrected chi connectivity index (χ1v) is 7.76. The summed E-state index contributed by atoms with van der Waals surface area (Å²) in [5.41, 5.74) is 6.17. The number of nitrogens with two attached hydrogens (primary N) is 1. The van der Waals surface area contributed by atoms with Gasteiger partial charge in [0.15, 0.2) is 0 Å². The summed E-state index contributed by atoms with van der Waals surface area (Å²) in [6, 6.07) is 2.63. The van der Waals surface area contributed by atoms with Crippen molar-refractivity contribution in [3.8, 4) is 0 Å². The molecule has 0 amide bonds. The first-order valence-electron chi connectivity index (χ1n) is 6.71. The van der Waals surface area contributed by atoms with Gasteiger partial charge < -0.3 is 16.2 Å². The summed E-state index contributed by atoms with van der Waals surface area (Å²) in [4.78, 5) is 10.8. The SMILES string of the molecule is CCSC1CCC(Nc2cc(F)c(C(=O)O)cc2N)C1. The minimum absolute atomic E-state index is 0.274. The second kappa shape index (κ2) is 6.35. The van der Waals surface area contributed by atoms with Crippen LogP contribution in [0.4, 0.5) is 15.8 Å². The van der Waals surface area contributed by atoms with Crippen molar-refractivity contribution in [2.75, 3.05) is 16.8 Å². The van der Waals surface area contributed by atoms with Crippen molar-refractivity contribution in [3.05, 3.63) is 23.5 Å². The van der Waals surface area contributed by atoms with Gasteiger partial charge in [-0.05, 0) is 37.1 Å². The Labute approximate surface area is 121 Å². The molecule has 110 valence electrons. The van der Waals surface area contributed by atoms with Crippen molar-refractivity contribution in [3.63, 3.8) is 0 Å². The van der Waals surface area contributed by atoms with Gasteiger partial charge in [0.05, 0.1) is 16.9 Å². The predicted octanol–water partition coefficient (Wildman–Crippen LogP) is 3.19. The maximum Gasteiger partial charge on any atom is 0.338 e. The quantitative estimate of drug-likeness (QED) is 0.728. The van der Waals surface area contributed by atoms with Crippen molar-refractivity contribution in [1.29, 1.82) is 0 Å². The number of hydrogen-bond acceptors (Lipinski definition) is 4. The third kappa shape index (κ3) is 3.36. The molecule has 0 heterocycles. The number of nitrogen functional groups attached to an aromatic ring is 1. The molecule has 0 radical (unpaired) electrons. The fourth-order valence-electron chi connectivity index (χ4n) is 2.56. The molecule has 1 aromatic rings. The molecule has 2 atom stereocenters. The number of aromatic carboxylic acids is 1. The fraction of sp³-hybridized carbons (Fsp3) is 0.500. The molecule has 1 aliphatic rings. The molecule has 1 saturated carbocycles. The number of rotatable bonds is 5. The maximum absolute atomic E-state index is 13.7. The van der Waals surface area contributed by atoms with Crippen LogP contribution in [0.15, 0.2) is 12.1 Å². The molecular formula is C14H19FN2O2S. The minimum atomic E-state index is -1.30. The summed E-state index contributed by atoms with van der Waals surface area (Å²) in [7, 11) is 0. The van der Waals surface area contributed by atoms with Crippen molar-refractivity contribution < 1.29 is 14.3 Å². The van der Waals surface area contributed by atoms with E-state index in [1.807, 2.05) is 11.8 Å². The van der Waals surface area contributed by atoms with E-state index in [1.165, 1.54) is 12.1 Å². The lowest BCUT2D eigenvalue weighted by molar-refractivity contribution is 0.0692. The first-order chi connectivity index (χ1) is 9.51. The number of halogens is 1. The van der Waals surface area contributed by atoms with Gasteiger partial charge in [0, 0.05) is 11.3 Å². The van der Waals surface area contributed by atoms with E-state index in [-0.39, 0.29) is 17.3 Å². The Kier molecular flexibility index (Phi) is 4.75. The molecule has 4 nitrogen and oxygen atoms in total. The second-order valence-corrected chi connectivity index (χ2v) is 6.53. The van der Waals surface area contributed by atoms with Crippen molar-refractivity contribution in [2.45, 2.75) is 37.5 Å². The van der Waals surface area contributed by atoms with E-state index < -0.39 is 11.8 Å². The Morgan fingerprint density at radius 2 is 2.30 bits per heavy atom. The molecule has 0 saturated heterocycles. The van der Waals surface area contributed by atoms with E-state index in [0.717, 1.165) is 25.0 Å². The molecule has 6 heteroatoms. The summed E-state index contributed by atoms with van der Waals surface area (Å²) in [6.07, 6.45) is 3.20. The summed E-state index contributed by atoms with van der Waals surface area (Å²) in [5, 5.41) is 12.7. The van der Waals surface area contributed by atoms with Crippen LogP contribution in [0, 0.1) is 5.82 Å². The average Bonchev–Trinajstić information content (AvgIpc) is 2.81. The van der Waals surface area contributed by atoms with Gasteiger partial charge in [0.1, 0.15) is 5.82 Å². The minimum Gasteiger partial charge on any atom is -0.478 e. The third-order valence-corrected chi connectivity index (χ3v) is 4.75. The Morgan fingerprint density at radius 3 is 2.95 bits per heavy atom. The van der Waals surface area contributed by atoms with Crippen molar-refractivity contribution in [2.24, 2.45) is 0 Å². The second-order valence-electron chi connectivity index (χ2n) is 4.96. The molecule has 1 aliphatic carbocycles. The van der Waals surface area contributed by atoms with E-state index in [1.54, 1.807) is 0 Å². The van der Waals surface area contributed by atoms with E-state index in [2.05, 4.69) is 12.2 Å². The Balaban J connectivity index is 2.07. The molecule has 20 heavy (non-hydrogen) atoms. The lowest BCUT2D eigenvalue weighted by atomic mass is 10.1. The fourth-order valence-corrected chi connectivity index (χ4v) is 3.70. The largest absolute Gasteiger partial charge is 0.478 e. The molecule has 1 fully saturated rings. The van der Waals surface area contributed by atoms with Gasteiger partial charge in [-0.1, -0.05) is 6.92 Å². The van der Waals surface area contributed by atoms with Gasteiger partial charge in [0.2, 0.25) is 0 Å². The summed E-state index contributed by atoms with van der Waals surface area (Å²) < 4.78 is 13.7. The molecule has 2 unspecified atom stereocenters. The number of hydrogen-bond donors (Lipinski definition) is 3. The number of benzene rings is 1. The van der Waals surface area contributed by atoms with E-state index in [0.29, 0.717) is 10.9 Å². The van der Waals surface area contributed by atoms with Crippen molar-refractivity contribution >= 4 is 29.1 Å². The van der Waals surface area contributed by atoms with Crippen LogP contribution in [-0.2, 0) is 0 Å². The van der Waals surface area contributed by atoms with E-state index >= 15 is 0 Å². The average molecular weight is 298 g/mol. The van der Waals surface area contributed by atoms with Crippen LogP contribution in [0.5, 0.6) is 0 Å². The predicted molar refractivity (Wildman–Crippen MR) is 81.0 cm³/mol. The van der Waals surface area contributed by atoms with E-state index in [4.69, 9.17) is 10.8 Å². The van der Waals surface area contributed by atoms with Gasteiger partial charge in [-0.15, -0.1) is 0 Å². The van der Waals surface area contributed by atoms with Crippen LogP contribution in [0.3, 0.4) is 0 Å². The number of anilines is 2. The lowest BCUT2D eigenvalue weighted by Crippen LogP contribution is -2.17. The summed E-state index contributed by atoms with van der Waals surface area (Å²) in [6.45, 7) is 2.14. The van der Waals surface area contributed by atoms with Gasteiger partial charge in [0.25, 0.3) is 0 Å². The molecule has 0 spiro atoms. The number of carbonyl (C=O) groups is 1. The van der Waals surface area contributed by atoms with Crippen LogP contribution in [0.2, 0.25) is 0 Å². The normalized spacial score (nSPS) is 21.9. The maximum atomic E-state index is 13.7. The molecule has 0 aliphatic heterocycles. The zero-order valence-corrected chi connectivity index (χ0v) is 12.2. The van der Waals surface area contributed by atoms with Crippen LogP contribution in [0.1, 0.15) is 36.5 Å². The monoisotopic (exact) mass is 298 g/mol. The number of carboxylic acids is 1. The van der Waals surface area contributed by atoms with Crippen LogP contribution in [0.25, 0.3) is 0 Å². The van der Waals surface area contributed by atoms with Crippen LogP contribution in [-0.4, -0.2) is 28.1 Å². The molecule has 2 rings (SSSR count). The molecular weight excluding hydrogens is 279 g/mol. The zero-order valence-electron chi connectivity index (χ0n) is 11.4. The zero-order chi connectivity index (χ0) is 14.7. The highest BCUT2D eigenvalue weighted by molar-refractivity contribution is 7.99. The highest BCUT2D eigenvalue weighted by atomic mass is 32.2. The standard InChI is InChI=1S/C14H19FN2O2S/c1-2-20-9-4-3-8(5-9)17-13-7-11(15)10(14(18)19)6-12(13)16/h6-9,17H,2-5,16H2,1H3,(H,18,19). The number of nitrogens with one attached hydrogen (secondary N) is 1. The first kappa shape index (κ1) is 15.0. The van der Waals surface area contributed by atoms with Crippen molar-refractivity contribution in [1.82, 2.24) is 0 Å². The smallest absolute Gasteiger partial charge is 0.338 e. The van der Waals surface area contributed by atoms with Crippen LogP contribution >= 0.6 is 11.8 Å². The van der Waals surface area contributed by atoms with E-state index in [9.17, 15) is 9.18 Å². The van der Waals surface area contributed by atoms with Gasteiger partial charge in [-0.25, -0.2) is 9.18 Å².